The van der Waals surface area contributed by atoms with E-state index in [1.807, 2.05) is 0 Å². The highest BCUT2D eigenvalue weighted by molar-refractivity contribution is 5.96. The molecule has 4 aromatic rings. The van der Waals surface area contributed by atoms with Crippen LogP contribution < -0.4 is 20.1 Å². The molecule has 0 radical (unpaired) electrons. The summed E-state index contributed by atoms with van der Waals surface area (Å²) in [5, 5.41) is 17.1. The standard InChI is InChI=1S/C30H38FN7O4/c1-20(2)18-37(10-11-39)9-4-5-12-42-27-17-25-24(16-26(27)41-3)30(34-19-33-25)38(23-8-6-7-21(31)13-23)29-15-22(35-36-29)14-28(32)40/h6-8,13,15-17,19-20,39H,4-5,9-12,14,18H2,1-3H3,(H2,32,40)(H,35,36). The number of nitrogens with two attached hydrogens (primary N) is 1. The summed E-state index contributed by atoms with van der Waals surface area (Å²) < 4.78 is 26.1. The van der Waals surface area contributed by atoms with Crippen molar-refractivity contribution in [3.05, 3.63) is 60.3 Å². The minimum absolute atomic E-state index is 0.0276. The number of hydrogen-bond acceptors (Lipinski definition) is 9. The normalized spacial score (nSPS) is 11.4. The number of aliphatic hydroxyl groups is 1. The quantitative estimate of drug-likeness (QED) is 0.167. The number of hydrogen-bond donors (Lipinski definition) is 3. The highest BCUT2D eigenvalue weighted by atomic mass is 19.1. The Morgan fingerprint density at radius 3 is 2.67 bits per heavy atom. The molecule has 0 fully saturated rings. The third-order valence-electron chi connectivity index (χ3n) is 6.55. The minimum Gasteiger partial charge on any atom is -0.493 e. The number of nitrogens with zero attached hydrogens (tertiary/aromatic N) is 5. The van der Waals surface area contributed by atoms with Crippen molar-refractivity contribution in [3.63, 3.8) is 0 Å². The van der Waals surface area contributed by atoms with Crippen LogP contribution in [-0.4, -0.2) is 76.0 Å². The van der Waals surface area contributed by atoms with E-state index >= 15 is 0 Å². The third kappa shape index (κ3) is 7.92. The van der Waals surface area contributed by atoms with Crippen LogP contribution in [-0.2, 0) is 11.2 Å². The summed E-state index contributed by atoms with van der Waals surface area (Å²) in [4.78, 5) is 24.4. The number of benzene rings is 2. The molecule has 11 nitrogen and oxygen atoms in total. The Bertz CT molecular complexity index is 1480. The summed E-state index contributed by atoms with van der Waals surface area (Å²) >= 11 is 0. The molecule has 0 bridgehead atoms. The molecule has 2 heterocycles. The molecule has 0 aliphatic rings. The number of fused-ring (bicyclic) bond motifs is 1. The topological polar surface area (TPSA) is 143 Å². The van der Waals surface area contributed by atoms with Crippen LogP contribution in [0, 0.1) is 11.7 Å². The van der Waals surface area contributed by atoms with E-state index in [0.717, 1.165) is 25.9 Å². The highest BCUT2D eigenvalue weighted by Crippen LogP contribution is 2.40. The van der Waals surface area contributed by atoms with Gasteiger partial charge in [0.25, 0.3) is 0 Å². The predicted octanol–water partition coefficient (Wildman–Crippen LogP) is 4.11. The fourth-order valence-corrected chi connectivity index (χ4v) is 4.79. The van der Waals surface area contributed by atoms with Crippen LogP contribution in [0.3, 0.4) is 0 Å². The molecule has 42 heavy (non-hydrogen) atoms. The first-order chi connectivity index (χ1) is 20.3. The number of anilines is 3. The van der Waals surface area contributed by atoms with Gasteiger partial charge in [-0.1, -0.05) is 19.9 Å². The second-order valence-electron chi connectivity index (χ2n) is 10.4. The van der Waals surface area contributed by atoms with E-state index < -0.39 is 11.7 Å². The second-order valence-corrected chi connectivity index (χ2v) is 10.4. The van der Waals surface area contributed by atoms with Crippen molar-refractivity contribution in [2.45, 2.75) is 33.1 Å². The number of methoxy groups -OCH3 is 1. The van der Waals surface area contributed by atoms with Crippen LogP contribution in [0.2, 0.25) is 0 Å². The monoisotopic (exact) mass is 579 g/mol. The Morgan fingerprint density at radius 2 is 1.95 bits per heavy atom. The molecular weight excluding hydrogens is 541 g/mol. The molecule has 0 spiro atoms. The van der Waals surface area contributed by atoms with E-state index in [4.69, 9.17) is 15.2 Å². The van der Waals surface area contributed by atoms with Crippen molar-refractivity contribution in [1.29, 1.82) is 0 Å². The SMILES string of the molecule is COc1cc2c(N(c3cccc(F)c3)c3cc(CC(N)=O)[nH]n3)ncnc2cc1OCCCCN(CCO)CC(C)C. The number of ether oxygens (including phenoxy) is 2. The van der Waals surface area contributed by atoms with Gasteiger partial charge in [-0.15, -0.1) is 0 Å². The maximum Gasteiger partial charge on any atom is 0.223 e. The average molecular weight is 580 g/mol. The number of amides is 1. The number of carbonyl (C=O) groups is 1. The van der Waals surface area contributed by atoms with Crippen LogP contribution in [0.1, 0.15) is 32.4 Å². The Balaban J connectivity index is 1.60. The van der Waals surface area contributed by atoms with Gasteiger partial charge in [0.1, 0.15) is 18.0 Å². The van der Waals surface area contributed by atoms with Crippen LogP contribution >= 0.6 is 0 Å². The van der Waals surface area contributed by atoms with Crippen LogP contribution in [0.4, 0.5) is 21.7 Å². The fourth-order valence-electron chi connectivity index (χ4n) is 4.79. The van der Waals surface area contributed by atoms with E-state index in [1.54, 1.807) is 42.3 Å². The first-order valence-corrected chi connectivity index (χ1v) is 14.0. The van der Waals surface area contributed by atoms with Crippen LogP contribution in [0.15, 0.2) is 48.8 Å². The van der Waals surface area contributed by atoms with Gasteiger partial charge in [-0.25, -0.2) is 14.4 Å². The van der Waals surface area contributed by atoms with E-state index in [1.165, 1.54) is 18.5 Å². The third-order valence-corrected chi connectivity index (χ3v) is 6.55. The molecule has 0 saturated carbocycles. The van der Waals surface area contributed by atoms with Crippen molar-refractivity contribution in [2.75, 3.05) is 44.9 Å². The van der Waals surface area contributed by atoms with E-state index in [9.17, 15) is 14.3 Å². The van der Waals surface area contributed by atoms with E-state index in [-0.39, 0.29) is 13.0 Å². The number of primary amides is 1. The molecule has 12 heteroatoms. The summed E-state index contributed by atoms with van der Waals surface area (Å²) in [6, 6.07) is 11.3. The number of aromatic amines is 1. The molecule has 0 saturated heterocycles. The number of H-pyrrole nitrogens is 1. The maximum absolute atomic E-state index is 14.3. The van der Waals surface area contributed by atoms with Crippen molar-refractivity contribution >= 4 is 34.1 Å². The number of unbranched alkanes of at least 4 members (excludes halogenated alkanes) is 1. The Labute approximate surface area is 244 Å². The second kappa shape index (κ2) is 14.6. The fraction of sp³-hybridized carbons (Fsp3) is 0.400. The van der Waals surface area contributed by atoms with Crippen molar-refractivity contribution in [2.24, 2.45) is 11.7 Å². The Hall–Kier alpha value is -4.29. The number of carbonyl (C=O) groups excluding carboxylic acids is 1. The molecule has 1 amide bonds. The van der Waals surface area contributed by atoms with Crippen molar-refractivity contribution in [1.82, 2.24) is 25.1 Å². The molecule has 0 aliphatic heterocycles. The Kier molecular flexibility index (Phi) is 10.6. The molecule has 4 N–H and O–H groups in total. The molecule has 4 rings (SSSR count). The summed E-state index contributed by atoms with van der Waals surface area (Å²) in [5.41, 5.74) is 6.93. The first-order valence-electron chi connectivity index (χ1n) is 14.0. The smallest absolute Gasteiger partial charge is 0.223 e. The number of halogens is 1. The number of aromatic nitrogens is 4. The van der Waals surface area contributed by atoms with Gasteiger partial charge in [0.15, 0.2) is 17.3 Å². The zero-order valence-corrected chi connectivity index (χ0v) is 24.2. The summed E-state index contributed by atoms with van der Waals surface area (Å²) in [6.07, 6.45) is 3.15. The highest BCUT2D eigenvalue weighted by Gasteiger charge is 2.22. The average Bonchev–Trinajstić information content (AvgIpc) is 3.39. The van der Waals surface area contributed by atoms with E-state index in [0.29, 0.717) is 64.5 Å². The van der Waals surface area contributed by atoms with Crippen LogP contribution in [0.5, 0.6) is 11.5 Å². The lowest BCUT2D eigenvalue weighted by atomic mass is 10.1. The van der Waals surface area contributed by atoms with Gasteiger partial charge in [0, 0.05) is 36.3 Å². The van der Waals surface area contributed by atoms with Gasteiger partial charge in [0.2, 0.25) is 5.91 Å². The predicted molar refractivity (Wildman–Crippen MR) is 159 cm³/mol. The lowest BCUT2D eigenvalue weighted by molar-refractivity contribution is -0.117. The molecule has 224 valence electrons. The first kappa shape index (κ1) is 30.7. The van der Waals surface area contributed by atoms with Crippen molar-refractivity contribution < 1.29 is 23.8 Å². The zero-order chi connectivity index (χ0) is 30.1. The molecule has 0 unspecified atom stereocenters. The largest absolute Gasteiger partial charge is 0.493 e. The lowest BCUT2D eigenvalue weighted by Gasteiger charge is -2.23. The number of nitrogens with one attached hydrogen (secondary N) is 1. The summed E-state index contributed by atoms with van der Waals surface area (Å²) in [5.74, 6) is 1.46. The Morgan fingerprint density at radius 1 is 1.12 bits per heavy atom. The van der Waals surface area contributed by atoms with Gasteiger partial charge < -0.3 is 25.2 Å². The van der Waals surface area contributed by atoms with Gasteiger partial charge in [-0.2, -0.15) is 5.10 Å². The number of rotatable bonds is 16. The summed E-state index contributed by atoms with van der Waals surface area (Å²) in [6.45, 7) is 7.46. The molecule has 2 aromatic heterocycles. The van der Waals surface area contributed by atoms with E-state index in [2.05, 4.69) is 38.9 Å². The summed E-state index contributed by atoms with van der Waals surface area (Å²) in [7, 11) is 1.56. The number of aliphatic hydroxyl groups excluding tert-OH is 1. The zero-order valence-electron chi connectivity index (χ0n) is 24.2. The lowest BCUT2D eigenvalue weighted by Crippen LogP contribution is -2.31. The van der Waals surface area contributed by atoms with Gasteiger partial charge in [-0.3, -0.25) is 14.8 Å². The minimum atomic E-state index is -0.509. The molecule has 2 aromatic carbocycles. The van der Waals surface area contributed by atoms with Crippen molar-refractivity contribution in [3.8, 4) is 11.5 Å². The van der Waals surface area contributed by atoms with Crippen LogP contribution in [0.25, 0.3) is 10.9 Å². The molecular formula is C30H38FN7O4. The van der Waals surface area contributed by atoms with Gasteiger partial charge in [-0.05, 0) is 49.6 Å². The molecule has 0 aliphatic carbocycles. The molecule has 0 atom stereocenters. The van der Waals surface area contributed by atoms with Gasteiger partial charge >= 0.3 is 0 Å². The maximum atomic E-state index is 14.3. The van der Waals surface area contributed by atoms with Gasteiger partial charge in [0.05, 0.1) is 37.9 Å².